The number of fused-ring (bicyclic) bond motifs is 2. The molecule has 2 aromatic rings. The highest BCUT2D eigenvalue weighted by molar-refractivity contribution is 8.00. The first kappa shape index (κ1) is 12.3. The molecule has 0 aromatic heterocycles. The van der Waals surface area contributed by atoms with E-state index in [1.165, 1.54) is 28.9 Å². The highest BCUT2D eigenvalue weighted by Crippen LogP contribution is 2.37. The van der Waals surface area contributed by atoms with E-state index in [1.54, 1.807) is 0 Å². The van der Waals surface area contributed by atoms with Gasteiger partial charge < -0.3 is 0 Å². The van der Waals surface area contributed by atoms with Crippen molar-refractivity contribution in [3.63, 3.8) is 0 Å². The third-order valence-electron chi connectivity index (χ3n) is 4.07. The summed E-state index contributed by atoms with van der Waals surface area (Å²) in [6.07, 6.45) is 2.61. The van der Waals surface area contributed by atoms with Crippen molar-refractivity contribution < 1.29 is 0 Å². The smallest absolute Gasteiger partial charge is 0.113 e. The zero-order valence-corrected chi connectivity index (χ0v) is 12.1. The molecule has 2 aliphatic rings. The van der Waals surface area contributed by atoms with Crippen LogP contribution in [-0.4, -0.2) is 11.4 Å². The first-order valence-electron chi connectivity index (χ1n) is 7.17. The maximum atomic E-state index is 4.91. The van der Waals surface area contributed by atoms with E-state index in [2.05, 4.69) is 53.8 Å². The van der Waals surface area contributed by atoms with Gasteiger partial charge in [0, 0.05) is 16.7 Å². The van der Waals surface area contributed by atoms with E-state index in [0.717, 1.165) is 12.2 Å². The normalized spacial score (nSPS) is 24.4. The fourth-order valence-corrected chi connectivity index (χ4v) is 4.30. The second-order valence-corrected chi connectivity index (χ2v) is 6.67. The molecule has 20 heavy (non-hydrogen) atoms. The molecule has 0 saturated carbocycles. The van der Waals surface area contributed by atoms with E-state index in [4.69, 9.17) is 5.32 Å². The van der Waals surface area contributed by atoms with Crippen LogP contribution >= 0.6 is 11.8 Å². The highest BCUT2D eigenvalue weighted by atomic mass is 32.2. The number of hydrogen-bond donors (Lipinski definition) is 1. The van der Waals surface area contributed by atoms with Crippen LogP contribution in [0.2, 0.25) is 0 Å². The fourth-order valence-electron chi connectivity index (χ4n) is 2.98. The molecule has 0 spiro atoms. The van der Waals surface area contributed by atoms with Crippen LogP contribution in [0.1, 0.15) is 17.5 Å². The molecule has 2 aromatic carbocycles. The van der Waals surface area contributed by atoms with E-state index in [0.29, 0.717) is 5.25 Å². The number of hydrogen-bond acceptors (Lipinski definition) is 2. The number of benzene rings is 2. The Balaban J connectivity index is 1.53. The average Bonchev–Trinajstić information content (AvgIpc) is 2.54. The molecular weight excluding hydrogens is 264 g/mol. The van der Waals surface area contributed by atoms with Gasteiger partial charge in [-0.1, -0.05) is 36.4 Å². The maximum Gasteiger partial charge on any atom is 0.113 e. The molecule has 4 rings (SSSR count). The van der Waals surface area contributed by atoms with Gasteiger partial charge in [0.25, 0.3) is 0 Å². The number of aryl methyl sites for hydroxylation is 1. The quantitative estimate of drug-likeness (QED) is 0.866. The predicted octanol–water partition coefficient (Wildman–Crippen LogP) is 3.46. The average molecular weight is 281 g/mol. The van der Waals surface area contributed by atoms with Gasteiger partial charge in [0.15, 0.2) is 0 Å². The minimum atomic E-state index is 0.239. The number of para-hydroxylation sites is 1. The first-order chi connectivity index (χ1) is 9.90. The molecule has 0 saturated heterocycles. The third-order valence-corrected chi connectivity index (χ3v) is 5.52. The SMILES string of the molecule is c1ccc2c(c1)CNC(C1CCc3ccccc3S1)[N]2. The largest absolute Gasteiger partial charge is 0.291 e. The Bertz CT molecular complexity index is 570. The lowest BCUT2D eigenvalue weighted by molar-refractivity contribution is 0.415. The number of nitrogens with one attached hydrogen (secondary N) is 1. The third kappa shape index (κ3) is 2.21. The van der Waals surface area contributed by atoms with Gasteiger partial charge in [-0.2, -0.15) is 0 Å². The van der Waals surface area contributed by atoms with Crippen LogP contribution in [0, 0.1) is 0 Å². The van der Waals surface area contributed by atoms with Gasteiger partial charge in [-0.25, -0.2) is 0 Å². The van der Waals surface area contributed by atoms with E-state index in [9.17, 15) is 0 Å². The van der Waals surface area contributed by atoms with E-state index in [1.807, 2.05) is 11.8 Å². The van der Waals surface area contributed by atoms with Crippen molar-refractivity contribution in [1.29, 1.82) is 0 Å². The van der Waals surface area contributed by atoms with Crippen molar-refractivity contribution in [1.82, 2.24) is 10.6 Å². The standard InChI is InChI=1S/C17H17N2S/c1-3-7-14-13(6-1)11-18-17(19-14)16-10-9-12-5-2-4-8-15(12)20-16/h1-8,16-18H,9-11H2. The molecule has 101 valence electrons. The van der Waals surface area contributed by atoms with E-state index in [-0.39, 0.29) is 6.17 Å². The topological polar surface area (TPSA) is 26.1 Å². The Kier molecular flexibility index (Phi) is 3.17. The van der Waals surface area contributed by atoms with Gasteiger partial charge in [0.1, 0.15) is 6.17 Å². The summed E-state index contributed by atoms with van der Waals surface area (Å²) >= 11 is 1.98. The van der Waals surface area contributed by atoms with E-state index >= 15 is 0 Å². The zero-order valence-electron chi connectivity index (χ0n) is 11.3. The molecule has 0 bridgehead atoms. The minimum absolute atomic E-state index is 0.239. The predicted molar refractivity (Wildman–Crippen MR) is 83.3 cm³/mol. The van der Waals surface area contributed by atoms with Crippen molar-refractivity contribution >= 4 is 17.4 Å². The van der Waals surface area contributed by atoms with Crippen molar-refractivity contribution in [2.24, 2.45) is 0 Å². The summed E-state index contributed by atoms with van der Waals surface area (Å²) in [6, 6.07) is 17.2. The molecule has 3 heteroatoms. The van der Waals surface area contributed by atoms with Crippen LogP contribution in [0.25, 0.3) is 0 Å². The van der Waals surface area contributed by atoms with Crippen LogP contribution in [0.5, 0.6) is 0 Å². The Labute approximate surface area is 124 Å². The molecule has 1 radical (unpaired) electrons. The van der Waals surface area contributed by atoms with E-state index < -0.39 is 0 Å². The zero-order chi connectivity index (χ0) is 13.4. The minimum Gasteiger partial charge on any atom is -0.291 e. The number of nitrogens with zero attached hydrogens (tertiary/aromatic N) is 1. The summed E-state index contributed by atoms with van der Waals surface area (Å²) in [7, 11) is 0. The van der Waals surface area contributed by atoms with Crippen LogP contribution in [-0.2, 0) is 13.0 Å². The van der Waals surface area contributed by atoms with Crippen molar-refractivity contribution in [3.05, 3.63) is 59.7 Å². The Hall–Kier alpha value is -1.45. The lowest BCUT2D eigenvalue weighted by Crippen LogP contribution is -2.47. The van der Waals surface area contributed by atoms with Crippen molar-refractivity contribution in [2.75, 3.05) is 0 Å². The molecule has 1 N–H and O–H groups in total. The van der Waals surface area contributed by atoms with Gasteiger partial charge in [0.05, 0.1) is 5.69 Å². The number of rotatable bonds is 1. The summed E-state index contributed by atoms with van der Waals surface area (Å²) in [4.78, 5) is 1.43. The molecule has 0 amide bonds. The first-order valence-corrected chi connectivity index (χ1v) is 8.05. The molecular formula is C17H17N2S. The summed E-state index contributed by atoms with van der Waals surface area (Å²) in [5, 5.41) is 9.04. The highest BCUT2D eigenvalue weighted by Gasteiger charge is 2.30. The second-order valence-electron chi connectivity index (χ2n) is 5.39. The number of thioether (sulfide) groups is 1. The molecule has 2 nitrogen and oxygen atoms in total. The lowest BCUT2D eigenvalue weighted by atomic mass is 10.0. The summed E-state index contributed by atoms with van der Waals surface area (Å²) in [6.45, 7) is 0.934. The maximum absolute atomic E-state index is 4.91. The lowest BCUT2D eigenvalue weighted by Gasteiger charge is -2.34. The Morgan fingerprint density at radius 1 is 1.00 bits per heavy atom. The van der Waals surface area contributed by atoms with Gasteiger partial charge in [-0.15, -0.1) is 11.8 Å². The summed E-state index contributed by atoms with van der Waals surface area (Å²) < 4.78 is 0. The van der Waals surface area contributed by atoms with Crippen LogP contribution in [0.4, 0.5) is 5.69 Å². The van der Waals surface area contributed by atoms with Gasteiger partial charge >= 0.3 is 0 Å². The van der Waals surface area contributed by atoms with Crippen LogP contribution in [0.3, 0.4) is 0 Å². The van der Waals surface area contributed by atoms with Gasteiger partial charge in [0.2, 0.25) is 0 Å². The Morgan fingerprint density at radius 3 is 2.75 bits per heavy atom. The molecule has 2 unspecified atom stereocenters. The van der Waals surface area contributed by atoms with Crippen LogP contribution < -0.4 is 10.6 Å². The molecule has 0 aliphatic carbocycles. The van der Waals surface area contributed by atoms with Gasteiger partial charge in [-0.05, 0) is 36.1 Å². The molecule has 2 aliphatic heterocycles. The molecule has 2 atom stereocenters. The van der Waals surface area contributed by atoms with Crippen LogP contribution in [0.15, 0.2) is 53.4 Å². The molecule has 0 fully saturated rings. The van der Waals surface area contributed by atoms with Gasteiger partial charge in [-0.3, -0.25) is 10.6 Å². The second kappa shape index (κ2) is 5.15. The molecule has 2 heterocycles. The monoisotopic (exact) mass is 281 g/mol. The fraction of sp³-hybridized carbons (Fsp3) is 0.294. The van der Waals surface area contributed by atoms with Crippen molar-refractivity contribution in [2.45, 2.75) is 35.7 Å². The summed E-state index contributed by atoms with van der Waals surface area (Å²) in [5.41, 5.74) is 3.96. The van der Waals surface area contributed by atoms with Crippen molar-refractivity contribution in [3.8, 4) is 0 Å². The summed E-state index contributed by atoms with van der Waals surface area (Å²) in [5.74, 6) is 0. The Morgan fingerprint density at radius 2 is 1.80 bits per heavy atom.